The highest BCUT2D eigenvalue weighted by molar-refractivity contribution is 5.20. The minimum absolute atomic E-state index is 0.550. The number of aromatic nitrogens is 1. The highest BCUT2D eigenvalue weighted by atomic mass is 14.7. The molecule has 2 atom stereocenters. The van der Waals surface area contributed by atoms with Crippen LogP contribution < -0.4 is 0 Å². The third-order valence-electron chi connectivity index (χ3n) is 2.97. The summed E-state index contributed by atoms with van der Waals surface area (Å²) in [5.41, 5.74) is 2.55. The maximum Gasteiger partial charge on any atom is 0.0460 e. The Labute approximate surface area is 93.2 Å². The van der Waals surface area contributed by atoms with Crippen LogP contribution in [0.15, 0.2) is 31.0 Å². The zero-order chi connectivity index (χ0) is 11.3. The van der Waals surface area contributed by atoms with Gasteiger partial charge in [-0.15, -0.1) is 6.58 Å². The van der Waals surface area contributed by atoms with Crippen molar-refractivity contribution in [1.29, 1.82) is 0 Å². The first-order chi connectivity index (χ1) is 7.15. The number of aryl methyl sites for hydroxylation is 1. The Morgan fingerprint density at radius 1 is 1.40 bits per heavy atom. The molecule has 0 spiro atoms. The molecule has 0 radical (unpaired) electrons. The summed E-state index contributed by atoms with van der Waals surface area (Å²) >= 11 is 0. The van der Waals surface area contributed by atoms with Crippen molar-refractivity contribution in [2.75, 3.05) is 0 Å². The van der Waals surface area contributed by atoms with Crippen LogP contribution in [-0.4, -0.2) is 4.98 Å². The van der Waals surface area contributed by atoms with Crippen LogP contribution in [0.1, 0.15) is 43.9 Å². The average Bonchev–Trinajstić information content (AvgIpc) is 2.26. The van der Waals surface area contributed by atoms with E-state index >= 15 is 0 Å². The lowest BCUT2D eigenvalue weighted by Crippen LogP contribution is -2.01. The topological polar surface area (TPSA) is 12.9 Å². The van der Waals surface area contributed by atoms with Crippen molar-refractivity contribution in [2.24, 2.45) is 5.92 Å². The van der Waals surface area contributed by atoms with Gasteiger partial charge in [-0.1, -0.05) is 26.0 Å². The second-order valence-corrected chi connectivity index (χ2v) is 4.40. The second kappa shape index (κ2) is 5.69. The largest absolute Gasteiger partial charge is 0.261 e. The first-order valence-electron chi connectivity index (χ1n) is 5.69. The van der Waals surface area contributed by atoms with E-state index in [1.807, 2.05) is 18.3 Å². The first kappa shape index (κ1) is 12.0. The third-order valence-corrected chi connectivity index (χ3v) is 2.97. The maximum atomic E-state index is 4.46. The predicted molar refractivity (Wildman–Crippen MR) is 66.0 cm³/mol. The van der Waals surface area contributed by atoms with Crippen molar-refractivity contribution >= 4 is 0 Å². The summed E-state index contributed by atoms with van der Waals surface area (Å²) < 4.78 is 0. The Morgan fingerprint density at radius 2 is 2.13 bits per heavy atom. The fraction of sp³-hybridized carbons (Fsp3) is 0.500. The molecule has 1 rings (SSSR count). The van der Waals surface area contributed by atoms with Crippen LogP contribution in [0.5, 0.6) is 0 Å². The molecule has 1 aromatic rings. The molecule has 0 N–H and O–H groups in total. The Morgan fingerprint density at radius 3 is 2.73 bits per heavy atom. The third kappa shape index (κ3) is 3.50. The molecule has 82 valence electrons. The fourth-order valence-corrected chi connectivity index (χ4v) is 1.78. The van der Waals surface area contributed by atoms with Gasteiger partial charge in [-0.25, -0.2) is 0 Å². The molecule has 1 heteroatoms. The highest BCUT2D eigenvalue weighted by Crippen LogP contribution is 2.23. The minimum Gasteiger partial charge on any atom is -0.261 e. The summed E-state index contributed by atoms with van der Waals surface area (Å²) in [5, 5.41) is 0. The van der Waals surface area contributed by atoms with E-state index in [4.69, 9.17) is 0 Å². The van der Waals surface area contributed by atoms with Crippen LogP contribution in [0, 0.1) is 12.8 Å². The van der Waals surface area contributed by atoms with Gasteiger partial charge in [0.15, 0.2) is 0 Å². The SMILES string of the molecule is C=CC(C)CCC(C)c1ncccc1C. The van der Waals surface area contributed by atoms with Crippen molar-refractivity contribution in [3.05, 3.63) is 42.2 Å². The number of pyridine rings is 1. The molecule has 2 unspecified atom stereocenters. The van der Waals surface area contributed by atoms with Gasteiger partial charge in [0, 0.05) is 11.9 Å². The van der Waals surface area contributed by atoms with E-state index in [1.54, 1.807) is 0 Å². The molecule has 0 bridgehead atoms. The molecule has 0 saturated heterocycles. The van der Waals surface area contributed by atoms with E-state index in [-0.39, 0.29) is 0 Å². The van der Waals surface area contributed by atoms with E-state index in [9.17, 15) is 0 Å². The van der Waals surface area contributed by atoms with E-state index in [2.05, 4.69) is 38.4 Å². The summed E-state index contributed by atoms with van der Waals surface area (Å²) in [5.74, 6) is 1.16. The standard InChI is InChI=1S/C14H21N/c1-5-11(2)8-9-13(4)14-12(3)7-6-10-15-14/h5-7,10-11,13H,1,8-9H2,2-4H3. The Balaban J connectivity index is 2.57. The van der Waals surface area contributed by atoms with Gasteiger partial charge in [0.2, 0.25) is 0 Å². The van der Waals surface area contributed by atoms with Crippen LogP contribution in [-0.2, 0) is 0 Å². The summed E-state index contributed by atoms with van der Waals surface area (Å²) in [6.45, 7) is 10.4. The van der Waals surface area contributed by atoms with Crippen LogP contribution >= 0.6 is 0 Å². The molecule has 0 aliphatic rings. The molecule has 1 nitrogen and oxygen atoms in total. The Hall–Kier alpha value is -1.11. The molecule has 0 aliphatic carbocycles. The van der Waals surface area contributed by atoms with E-state index in [1.165, 1.54) is 24.1 Å². The lowest BCUT2D eigenvalue weighted by Gasteiger charge is -2.14. The molecule has 0 fully saturated rings. The molecule has 1 aromatic heterocycles. The summed E-state index contributed by atoms with van der Waals surface area (Å²) in [6, 6.07) is 4.13. The summed E-state index contributed by atoms with van der Waals surface area (Å²) in [4.78, 5) is 4.46. The van der Waals surface area contributed by atoms with Gasteiger partial charge < -0.3 is 0 Å². The van der Waals surface area contributed by atoms with E-state index < -0.39 is 0 Å². The van der Waals surface area contributed by atoms with Crippen LogP contribution in [0.25, 0.3) is 0 Å². The highest BCUT2D eigenvalue weighted by Gasteiger charge is 2.10. The van der Waals surface area contributed by atoms with Gasteiger partial charge in [-0.3, -0.25) is 4.98 Å². The Kier molecular flexibility index (Phi) is 4.54. The molecule has 15 heavy (non-hydrogen) atoms. The molecular formula is C14H21N. The monoisotopic (exact) mass is 203 g/mol. The van der Waals surface area contributed by atoms with Crippen LogP contribution in [0.4, 0.5) is 0 Å². The molecular weight excluding hydrogens is 182 g/mol. The quantitative estimate of drug-likeness (QED) is 0.657. The Bertz CT molecular complexity index is 317. The number of hydrogen-bond acceptors (Lipinski definition) is 1. The number of nitrogens with zero attached hydrogens (tertiary/aromatic N) is 1. The zero-order valence-electron chi connectivity index (χ0n) is 10.0. The van der Waals surface area contributed by atoms with Gasteiger partial charge >= 0.3 is 0 Å². The van der Waals surface area contributed by atoms with Gasteiger partial charge in [-0.05, 0) is 43.2 Å². The summed E-state index contributed by atoms with van der Waals surface area (Å²) in [6.07, 6.45) is 6.29. The first-order valence-corrected chi connectivity index (χ1v) is 5.69. The fourth-order valence-electron chi connectivity index (χ4n) is 1.78. The minimum atomic E-state index is 0.550. The van der Waals surface area contributed by atoms with Crippen molar-refractivity contribution in [3.8, 4) is 0 Å². The maximum absolute atomic E-state index is 4.46. The smallest absolute Gasteiger partial charge is 0.0460 e. The van der Waals surface area contributed by atoms with Gasteiger partial charge in [0.1, 0.15) is 0 Å². The molecule has 0 saturated carbocycles. The molecule has 0 amide bonds. The van der Waals surface area contributed by atoms with Crippen molar-refractivity contribution in [1.82, 2.24) is 4.98 Å². The lowest BCUT2D eigenvalue weighted by molar-refractivity contribution is 0.545. The van der Waals surface area contributed by atoms with Crippen LogP contribution in [0.2, 0.25) is 0 Å². The number of rotatable bonds is 5. The lowest BCUT2D eigenvalue weighted by atomic mass is 9.93. The zero-order valence-corrected chi connectivity index (χ0v) is 10.0. The van der Waals surface area contributed by atoms with Gasteiger partial charge in [-0.2, -0.15) is 0 Å². The van der Waals surface area contributed by atoms with E-state index in [0.29, 0.717) is 11.8 Å². The summed E-state index contributed by atoms with van der Waals surface area (Å²) in [7, 11) is 0. The molecule has 1 heterocycles. The normalized spacial score (nSPS) is 14.6. The van der Waals surface area contributed by atoms with Crippen LogP contribution in [0.3, 0.4) is 0 Å². The van der Waals surface area contributed by atoms with Crippen molar-refractivity contribution < 1.29 is 0 Å². The van der Waals surface area contributed by atoms with E-state index in [0.717, 1.165) is 0 Å². The molecule has 0 aromatic carbocycles. The van der Waals surface area contributed by atoms with Crippen molar-refractivity contribution in [2.45, 2.75) is 39.5 Å². The average molecular weight is 203 g/mol. The van der Waals surface area contributed by atoms with Gasteiger partial charge in [0.25, 0.3) is 0 Å². The predicted octanol–water partition coefficient (Wildman–Crippen LogP) is 4.10. The number of hydrogen-bond donors (Lipinski definition) is 0. The molecule has 0 aliphatic heterocycles. The van der Waals surface area contributed by atoms with Gasteiger partial charge in [0.05, 0.1) is 0 Å². The van der Waals surface area contributed by atoms with Crippen molar-refractivity contribution in [3.63, 3.8) is 0 Å². The second-order valence-electron chi connectivity index (χ2n) is 4.40. The number of allylic oxidation sites excluding steroid dienone is 1.